The van der Waals surface area contributed by atoms with Crippen molar-refractivity contribution in [2.24, 2.45) is 0 Å². The average molecular weight is 172 g/mol. The third kappa shape index (κ3) is 5.54. The van der Waals surface area contributed by atoms with Gasteiger partial charge in [0, 0.05) is 0 Å². The molecular formula is CH3F2KO3S. The van der Waals surface area contributed by atoms with E-state index in [4.69, 9.17) is 13.0 Å². The second-order valence-electron chi connectivity index (χ2n) is 0.776. The number of hydrogen-bond donors (Lipinski definition) is 1. The first kappa shape index (κ1) is 12.1. The van der Waals surface area contributed by atoms with Crippen LogP contribution in [-0.4, -0.2) is 70.1 Å². The van der Waals surface area contributed by atoms with Crippen LogP contribution in [0.15, 0.2) is 0 Å². The fourth-order valence-corrected chi connectivity index (χ4v) is 0. The molecule has 0 aliphatic heterocycles. The minimum atomic E-state index is -5.07. The van der Waals surface area contributed by atoms with E-state index in [9.17, 15) is 8.78 Å². The van der Waals surface area contributed by atoms with E-state index in [1.54, 1.807) is 0 Å². The van der Waals surface area contributed by atoms with Crippen molar-refractivity contribution in [1.82, 2.24) is 0 Å². The Morgan fingerprint density at radius 2 is 1.50 bits per heavy atom. The van der Waals surface area contributed by atoms with Crippen molar-refractivity contribution >= 4 is 61.5 Å². The predicted octanol–water partition coefficient (Wildman–Crippen LogP) is -0.552. The molecule has 0 saturated carbocycles. The molecule has 1 N–H and O–H groups in total. The normalized spacial score (nSPS) is 11.0. The summed E-state index contributed by atoms with van der Waals surface area (Å²) < 4.78 is 47.0. The summed E-state index contributed by atoms with van der Waals surface area (Å²) in [4.78, 5) is 0. The fourth-order valence-electron chi connectivity index (χ4n) is 0. The van der Waals surface area contributed by atoms with Gasteiger partial charge in [0.25, 0.3) is 0 Å². The van der Waals surface area contributed by atoms with Crippen LogP contribution in [0, 0.1) is 0 Å². The second kappa shape index (κ2) is 4.26. The van der Waals surface area contributed by atoms with Crippen LogP contribution in [0.4, 0.5) is 8.78 Å². The molecule has 7 heteroatoms. The van der Waals surface area contributed by atoms with Crippen LogP contribution >= 0.6 is 0 Å². The van der Waals surface area contributed by atoms with Gasteiger partial charge in [0.1, 0.15) is 0 Å². The van der Waals surface area contributed by atoms with Crippen LogP contribution in [0.25, 0.3) is 0 Å². The molecule has 46 valence electrons. The number of rotatable bonds is 1. The van der Waals surface area contributed by atoms with Crippen LogP contribution in [0.2, 0.25) is 0 Å². The van der Waals surface area contributed by atoms with Crippen LogP contribution < -0.4 is 0 Å². The predicted molar refractivity (Wildman–Crippen MR) is 24.7 cm³/mol. The van der Waals surface area contributed by atoms with Crippen molar-refractivity contribution in [2.75, 3.05) is 0 Å². The molecule has 0 aliphatic carbocycles. The summed E-state index contributed by atoms with van der Waals surface area (Å²) in [6.07, 6.45) is 0. The quantitative estimate of drug-likeness (QED) is 0.426. The molecule has 0 bridgehead atoms. The molecule has 0 atom stereocenters. The maximum atomic E-state index is 10.7. The van der Waals surface area contributed by atoms with E-state index in [-0.39, 0.29) is 51.4 Å². The van der Waals surface area contributed by atoms with Crippen LogP contribution in [0.3, 0.4) is 0 Å². The standard InChI is InChI=1S/CH2F2O3S.K.H/c2-1(3)7(4,5)6;;/h1H,(H,4,5,6);;. The van der Waals surface area contributed by atoms with Gasteiger partial charge in [-0.25, -0.2) is 0 Å². The van der Waals surface area contributed by atoms with Crippen molar-refractivity contribution in [3.63, 3.8) is 0 Å². The first-order valence-electron chi connectivity index (χ1n) is 1.19. The molecule has 0 spiro atoms. The molecule has 0 amide bonds. The van der Waals surface area contributed by atoms with E-state index < -0.39 is 15.9 Å². The molecule has 8 heavy (non-hydrogen) atoms. The SMILES string of the molecule is O=S(=O)(O)C(F)F.[KH]. The molecule has 0 rings (SSSR count). The minimum absolute atomic E-state index is 0. The summed E-state index contributed by atoms with van der Waals surface area (Å²) in [6.45, 7) is 0. The monoisotopic (exact) mass is 172 g/mol. The Balaban J connectivity index is 0. The molecule has 0 fully saturated rings. The number of hydrogen-bond acceptors (Lipinski definition) is 2. The second-order valence-corrected chi connectivity index (χ2v) is 2.16. The van der Waals surface area contributed by atoms with Gasteiger partial charge in [0.05, 0.1) is 0 Å². The van der Waals surface area contributed by atoms with Gasteiger partial charge in [-0.2, -0.15) is 17.2 Å². The van der Waals surface area contributed by atoms with Crippen LogP contribution in [0.1, 0.15) is 0 Å². The Kier molecular flexibility index (Phi) is 6.45. The topological polar surface area (TPSA) is 54.4 Å². The van der Waals surface area contributed by atoms with E-state index in [1.165, 1.54) is 0 Å². The first-order chi connectivity index (χ1) is 2.94. The van der Waals surface area contributed by atoms with Crippen LogP contribution in [0.5, 0.6) is 0 Å². The van der Waals surface area contributed by atoms with Crippen molar-refractivity contribution in [2.45, 2.75) is 5.76 Å². The van der Waals surface area contributed by atoms with Crippen molar-refractivity contribution in [1.29, 1.82) is 0 Å². The Hall–Kier alpha value is 1.41. The summed E-state index contributed by atoms with van der Waals surface area (Å²) in [5.74, 6) is -3.67. The maximum absolute atomic E-state index is 10.7. The van der Waals surface area contributed by atoms with Gasteiger partial charge in [-0.05, 0) is 0 Å². The van der Waals surface area contributed by atoms with Crippen LogP contribution in [-0.2, 0) is 10.1 Å². The fraction of sp³-hybridized carbons (Fsp3) is 1.00. The summed E-state index contributed by atoms with van der Waals surface area (Å²) in [7, 11) is -5.07. The van der Waals surface area contributed by atoms with E-state index in [0.717, 1.165) is 0 Å². The summed E-state index contributed by atoms with van der Waals surface area (Å²) in [6, 6.07) is 0. The zero-order valence-corrected chi connectivity index (χ0v) is 3.82. The van der Waals surface area contributed by atoms with E-state index in [2.05, 4.69) is 0 Å². The van der Waals surface area contributed by atoms with Gasteiger partial charge in [0.2, 0.25) is 0 Å². The number of alkyl halides is 2. The van der Waals surface area contributed by atoms with Crippen molar-refractivity contribution in [3.05, 3.63) is 0 Å². The van der Waals surface area contributed by atoms with Gasteiger partial charge in [-0.1, -0.05) is 0 Å². The molecule has 0 radical (unpaired) electrons. The van der Waals surface area contributed by atoms with Gasteiger partial charge in [-0.15, -0.1) is 0 Å². The number of halogens is 2. The Morgan fingerprint density at radius 1 is 1.38 bits per heavy atom. The molecule has 3 nitrogen and oxygen atoms in total. The third-order valence-corrected chi connectivity index (χ3v) is 0.675. The van der Waals surface area contributed by atoms with E-state index in [1.807, 2.05) is 0 Å². The summed E-state index contributed by atoms with van der Waals surface area (Å²) in [5.41, 5.74) is 0. The zero-order chi connectivity index (χ0) is 6.08. The summed E-state index contributed by atoms with van der Waals surface area (Å²) in [5, 5.41) is 0. The average Bonchev–Trinajstić information content (AvgIpc) is 1.31. The molecule has 0 unspecified atom stereocenters. The molecule has 0 aliphatic rings. The molecular weight excluding hydrogens is 169 g/mol. The van der Waals surface area contributed by atoms with E-state index in [0.29, 0.717) is 0 Å². The zero-order valence-electron chi connectivity index (χ0n) is 3.01. The van der Waals surface area contributed by atoms with Gasteiger partial charge < -0.3 is 0 Å². The summed E-state index contributed by atoms with van der Waals surface area (Å²) >= 11 is 0. The Bertz CT molecular complexity index is 139. The third-order valence-electron chi connectivity index (χ3n) is 0.225. The Morgan fingerprint density at radius 3 is 1.50 bits per heavy atom. The molecule has 0 heterocycles. The van der Waals surface area contributed by atoms with E-state index >= 15 is 0 Å². The molecule has 0 aromatic rings. The molecule has 0 aromatic heterocycles. The first-order valence-corrected chi connectivity index (χ1v) is 2.69. The van der Waals surface area contributed by atoms with Crippen molar-refractivity contribution in [3.8, 4) is 0 Å². The Labute approximate surface area is 87.6 Å². The van der Waals surface area contributed by atoms with Gasteiger partial charge >= 0.3 is 67.3 Å². The molecule has 0 saturated heterocycles. The van der Waals surface area contributed by atoms with Gasteiger partial charge in [0.15, 0.2) is 0 Å². The van der Waals surface area contributed by atoms with Gasteiger partial charge in [-0.3, -0.25) is 4.55 Å². The molecule has 0 aromatic carbocycles. The van der Waals surface area contributed by atoms with Crippen molar-refractivity contribution < 1.29 is 21.8 Å².